The van der Waals surface area contributed by atoms with Crippen molar-refractivity contribution in [3.05, 3.63) is 54.1 Å². The lowest BCUT2D eigenvalue weighted by Crippen LogP contribution is -2.44. The molecule has 3 rings (SSSR count). The molecule has 27 heavy (non-hydrogen) atoms. The molecule has 148 valence electrons. The second-order valence-corrected chi connectivity index (χ2v) is 6.36. The van der Waals surface area contributed by atoms with Crippen LogP contribution in [0.1, 0.15) is 11.1 Å². The molecule has 1 aliphatic heterocycles. The van der Waals surface area contributed by atoms with Gasteiger partial charge in [0.2, 0.25) is 0 Å². The number of guanidine groups is 1. The molecule has 0 atom stereocenters. The van der Waals surface area contributed by atoms with E-state index in [0.717, 1.165) is 58.4 Å². The maximum atomic E-state index is 5.38. The summed E-state index contributed by atoms with van der Waals surface area (Å²) in [5.74, 6) is 0.832. The molecule has 7 nitrogen and oxygen atoms in total. The number of nitrogens with one attached hydrogen (secondary N) is 2. The third-order valence-corrected chi connectivity index (χ3v) is 4.42. The Bertz CT molecular complexity index is 685. The van der Waals surface area contributed by atoms with Crippen LogP contribution in [0.4, 0.5) is 0 Å². The number of ether oxygens (including phenoxy) is 1. The average Bonchev–Trinajstić information content (AvgIpc) is 3.18. The monoisotopic (exact) mass is 484 g/mol. The molecule has 2 aromatic rings. The Labute approximate surface area is 178 Å². The van der Waals surface area contributed by atoms with Crippen LogP contribution in [-0.4, -0.2) is 66.9 Å². The van der Waals surface area contributed by atoms with E-state index in [1.807, 2.05) is 12.5 Å². The quantitative estimate of drug-likeness (QED) is 0.355. The fourth-order valence-electron chi connectivity index (χ4n) is 2.99. The maximum absolute atomic E-state index is 5.38. The second-order valence-electron chi connectivity index (χ2n) is 6.36. The lowest BCUT2D eigenvalue weighted by Gasteiger charge is -2.26. The molecular formula is C19H29IN6O. The highest BCUT2D eigenvalue weighted by molar-refractivity contribution is 14.0. The summed E-state index contributed by atoms with van der Waals surface area (Å²) in [6.45, 7) is 7.15. The number of halogens is 1. The van der Waals surface area contributed by atoms with Crippen molar-refractivity contribution in [1.82, 2.24) is 25.1 Å². The van der Waals surface area contributed by atoms with Crippen molar-refractivity contribution >= 4 is 29.9 Å². The highest BCUT2D eigenvalue weighted by Crippen LogP contribution is 2.07. The number of morpholine rings is 1. The van der Waals surface area contributed by atoms with Gasteiger partial charge in [-0.2, -0.15) is 0 Å². The first-order valence-corrected chi connectivity index (χ1v) is 9.11. The van der Waals surface area contributed by atoms with Crippen LogP contribution >= 0.6 is 24.0 Å². The molecule has 2 heterocycles. The fourth-order valence-corrected chi connectivity index (χ4v) is 2.99. The summed E-state index contributed by atoms with van der Waals surface area (Å²) in [6, 6.07) is 8.58. The predicted molar refractivity (Wildman–Crippen MR) is 119 cm³/mol. The molecule has 0 unspecified atom stereocenters. The number of aromatic nitrogens is 2. The lowest BCUT2D eigenvalue weighted by molar-refractivity contribution is 0.0389. The molecule has 1 aromatic heterocycles. The number of hydrogen-bond acceptors (Lipinski definition) is 4. The van der Waals surface area contributed by atoms with Crippen molar-refractivity contribution in [3.8, 4) is 0 Å². The van der Waals surface area contributed by atoms with Crippen LogP contribution in [0.25, 0.3) is 0 Å². The van der Waals surface area contributed by atoms with Gasteiger partial charge in [-0.1, -0.05) is 24.3 Å². The van der Waals surface area contributed by atoms with Gasteiger partial charge in [0.15, 0.2) is 5.96 Å². The Morgan fingerprint density at radius 3 is 2.78 bits per heavy atom. The van der Waals surface area contributed by atoms with Crippen molar-refractivity contribution in [2.45, 2.75) is 13.1 Å². The Morgan fingerprint density at radius 2 is 2.04 bits per heavy atom. The van der Waals surface area contributed by atoms with Gasteiger partial charge in [-0.15, -0.1) is 24.0 Å². The number of rotatable bonds is 7. The zero-order valence-electron chi connectivity index (χ0n) is 15.8. The summed E-state index contributed by atoms with van der Waals surface area (Å²) in [4.78, 5) is 10.8. The summed E-state index contributed by atoms with van der Waals surface area (Å²) in [5, 5.41) is 6.77. The molecule has 1 fully saturated rings. The van der Waals surface area contributed by atoms with E-state index >= 15 is 0 Å². The first-order chi connectivity index (χ1) is 12.8. The van der Waals surface area contributed by atoms with Crippen molar-refractivity contribution in [2.75, 3.05) is 46.4 Å². The number of hydrogen-bond donors (Lipinski definition) is 2. The normalized spacial score (nSPS) is 15.2. The maximum Gasteiger partial charge on any atom is 0.191 e. The molecule has 0 radical (unpaired) electrons. The fraction of sp³-hybridized carbons (Fsp3) is 0.474. The minimum atomic E-state index is 0. The van der Waals surface area contributed by atoms with Gasteiger partial charge in [0.25, 0.3) is 0 Å². The van der Waals surface area contributed by atoms with Crippen LogP contribution in [0, 0.1) is 0 Å². The Hall–Kier alpha value is -1.65. The van der Waals surface area contributed by atoms with Crippen LogP contribution in [-0.2, 0) is 17.8 Å². The average molecular weight is 484 g/mol. The largest absolute Gasteiger partial charge is 0.379 e. The van der Waals surface area contributed by atoms with E-state index in [2.05, 4.69) is 54.3 Å². The Kier molecular flexibility index (Phi) is 9.57. The van der Waals surface area contributed by atoms with E-state index in [1.54, 1.807) is 13.2 Å². The van der Waals surface area contributed by atoms with Crippen LogP contribution in [0.15, 0.2) is 48.0 Å². The second kappa shape index (κ2) is 11.9. The lowest BCUT2D eigenvalue weighted by atomic mass is 10.1. The van der Waals surface area contributed by atoms with Crippen molar-refractivity contribution in [3.63, 3.8) is 0 Å². The van der Waals surface area contributed by atoms with Gasteiger partial charge in [0, 0.05) is 58.7 Å². The third kappa shape index (κ3) is 7.47. The van der Waals surface area contributed by atoms with E-state index in [-0.39, 0.29) is 24.0 Å². The molecule has 0 spiro atoms. The molecule has 1 aliphatic rings. The van der Waals surface area contributed by atoms with E-state index in [4.69, 9.17) is 4.74 Å². The summed E-state index contributed by atoms with van der Waals surface area (Å²) in [7, 11) is 1.81. The number of nitrogens with zero attached hydrogens (tertiary/aromatic N) is 4. The standard InChI is InChI=1S/C19H28N6O.HI/c1-20-19(22-6-8-24-9-11-26-12-10-24)23-14-17-3-2-4-18(13-17)15-25-7-5-21-16-25;/h2-5,7,13,16H,6,8-12,14-15H2,1H3,(H2,20,22,23);1H. The Balaban J connectivity index is 0.00000261. The van der Waals surface area contributed by atoms with Crippen molar-refractivity contribution in [1.29, 1.82) is 0 Å². The molecule has 0 bridgehead atoms. The van der Waals surface area contributed by atoms with Crippen LogP contribution in [0.2, 0.25) is 0 Å². The van der Waals surface area contributed by atoms with Gasteiger partial charge in [-0.05, 0) is 11.1 Å². The molecular weight excluding hydrogens is 455 g/mol. The molecule has 1 aromatic carbocycles. The summed E-state index contributed by atoms with van der Waals surface area (Å²) in [6.07, 6.45) is 5.62. The molecule has 1 saturated heterocycles. The van der Waals surface area contributed by atoms with E-state index in [9.17, 15) is 0 Å². The summed E-state index contributed by atoms with van der Waals surface area (Å²) in [5.41, 5.74) is 2.50. The highest BCUT2D eigenvalue weighted by Gasteiger charge is 2.09. The number of benzene rings is 1. The van der Waals surface area contributed by atoms with Crippen LogP contribution in [0.5, 0.6) is 0 Å². The van der Waals surface area contributed by atoms with Gasteiger partial charge in [-0.3, -0.25) is 9.89 Å². The summed E-state index contributed by atoms with van der Waals surface area (Å²) < 4.78 is 7.44. The van der Waals surface area contributed by atoms with Gasteiger partial charge >= 0.3 is 0 Å². The Morgan fingerprint density at radius 1 is 1.22 bits per heavy atom. The molecule has 2 N–H and O–H groups in total. The minimum Gasteiger partial charge on any atom is -0.379 e. The van der Waals surface area contributed by atoms with Gasteiger partial charge in [0.1, 0.15) is 0 Å². The van der Waals surface area contributed by atoms with Gasteiger partial charge in [0.05, 0.1) is 19.5 Å². The molecule has 8 heteroatoms. The first kappa shape index (κ1) is 21.6. The van der Waals surface area contributed by atoms with Gasteiger partial charge < -0.3 is 19.9 Å². The van der Waals surface area contributed by atoms with E-state index < -0.39 is 0 Å². The van der Waals surface area contributed by atoms with E-state index in [1.165, 1.54) is 11.1 Å². The molecule has 0 amide bonds. The van der Waals surface area contributed by atoms with Crippen LogP contribution < -0.4 is 10.6 Å². The van der Waals surface area contributed by atoms with Gasteiger partial charge in [-0.25, -0.2) is 4.98 Å². The zero-order valence-corrected chi connectivity index (χ0v) is 18.1. The predicted octanol–water partition coefficient (Wildman–Crippen LogP) is 1.55. The van der Waals surface area contributed by atoms with Crippen LogP contribution in [0.3, 0.4) is 0 Å². The summed E-state index contributed by atoms with van der Waals surface area (Å²) >= 11 is 0. The number of imidazole rings is 1. The van der Waals surface area contributed by atoms with Crippen molar-refractivity contribution in [2.24, 2.45) is 4.99 Å². The molecule has 0 aliphatic carbocycles. The topological polar surface area (TPSA) is 66.7 Å². The first-order valence-electron chi connectivity index (χ1n) is 9.11. The zero-order chi connectivity index (χ0) is 18.0. The smallest absolute Gasteiger partial charge is 0.191 e. The number of aliphatic imine (C=N–C) groups is 1. The third-order valence-electron chi connectivity index (χ3n) is 4.42. The SMILES string of the molecule is CN=C(NCCN1CCOCC1)NCc1cccc(Cn2ccnc2)c1.I. The molecule has 0 saturated carbocycles. The minimum absolute atomic E-state index is 0. The van der Waals surface area contributed by atoms with Crippen molar-refractivity contribution < 1.29 is 4.74 Å². The van der Waals surface area contributed by atoms with E-state index in [0.29, 0.717) is 0 Å². The highest BCUT2D eigenvalue weighted by atomic mass is 127.